The normalized spacial score (nSPS) is 12.1. The van der Waals surface area contributed by atoms with Gasteiger partial charge in [0.05, 0.1) is 16.8 Å². The quantitative estimate of drug-likeness (QED) is 0.387. The van der Waals surface area contributed by atoms with Crippen molar-refractivity contribution in [3.63, 3.8) is 0 Å². The van der Waals surface area contributed by atoms with Crippen molar-refractivity contribution < 1.29 is 31.1 Å². The maximum atomic E-state index is 13.0. The third-order valence-electron chi connectivity index (χ3n) is 4.01. The summed E-state index contributed by atoms with van der Waals surface area (Å²) in [5.41, 5.74) is -1.44. The van der Waals surface area contributed by atoms with Gasteiger partial charge in [0.2, 0.25) is 0 Å². The lowest BCUT2D eigenvalue weighted by Gasteiger charge is -2.14. The summed E-state index contributed by atoms with van der Waals surface area (Å²) in [4.78, 5) is 15.1. The highest BCUT2D eigenvalue weighted by atomic mass is 19.4. The monoisotopic (exact) mass is 395 g/mol. The first kappa shape index (κ1) is 19.6. The van der Waals surface area contributed by atoms with E-state index in [1.165, 1.54) is 30.3 Å². The van der Waals surface area contributed by atoms with E-state index in [1.807, 2.05) is 0 Å². The van der Waals surface area contributed by atoms with Gasteiger partial charge in [-0.25, -0.2) is 0 Å². The lowest BCUT2D eigenvalue weighted by molar-refractivity contribution is -0.138. The van der Waals surface area contributed by atoms with Crippen molar-refractivity contribution in [1.82, 2.24) is 4.98 Å². The van der Waals surface area contributed by atoms with Gasteiger partial charge in [-0.05, 0) is 35.9 Å². The van der Waals surface area contributed by atoms with E-state index < -0.39 is 23.5 Å². The van der Waals surface area contributed by atoms with Crippen LogP contribution in [0, 0.1) is 0 Å². The highest BCUT2D eigenvalue weighted by molar-refractivity contribution is 5.86. The second-order valence-electron chi connectivity index (χ2n) is 5.94. The summed E-state index contributed by atoms with van der Waals surface area (Å²) in [5, 5.41) is 0. The van der Waals surface area contributed by atoms with Crippen LogP contribution in [0.3, 0.4) is 0 Å². The van der Waals surface area contributed by atoms with Gasteiger partial charge in [-0.2, -0.15) is 26.3 Å². The van der Waals surface area contributed by atoms with Crippen LogP contribution in [-0.4, -0.2) is 11.3 Å². The molecular formula is C20H11F6NO. The Bertz CT molecular complexity index is 1020. The number of aromatic nitrogens is 1. The predicted molar refractivity (Wildman–Crippen MR) is 90.5 cm³/mol. The number of hydrogen-bond acceptors (Lipinski definition) is 2. The van der Waals surface area contributed by atoms with E-state index >= 15 is 0 Å². The zero-order valence-corrected chi connectivity index (χ0v) is 14.0. The van der Waals surface area contributed by atoms with Gasteiger partial charge in [0, 0.05) is 22.9 Å². The number of nitrogens with zero attached hydrogens (tertiary/aromatic N) is 1. The van der Waals surface area contributed by atoms with Gasteiger partial charge in [-0.1, -0.05) is 24.3 Å². The number of carbonyl (C=O) groups is 1. The smallest absolute Gasteiger partial charge is 0.298 e. The van der Waals surface area contributed by atoms with E-state index in [2.05, 4.69) is 4.98 Å². The molecule has 8 heteroatoms. The number of benzene rings is 2. The lowest BCUT2D eigenvalue weighted by atomic mass is 9.96. The van der Waals surface area contributed by atoms with Crippen molar-refractivity contribution in [1.29, 1.82) is 0 Å². The van der Waals surface area contributed by atoms with E-state index in [0.717, 1.165) is 30.5 Å². The summed E-state index contributed by atoms with van der Waals surface area (Å²) < 4.78 is 78.2. The standard InChI is InChI=1S/C20H11F6NO/c21-19(22,23)15-5-1-3-13(8-15)17-7-12(11-28)10-27-18(17)14-4-2-6-16(9-14)20(24,25)26/h1-11H. The number of halogens is 6. The van der Waals surface area contributed by atoms with Crippen LogP contribution in [0.1, 0.15) is 21.5 Å². The van der Waals surface area contributed by atoms with Gasteiger partial charge in [0.25, 0.3) is 0 Å². The number of pyridine rings is 1. The molecule has 0 saturated carbocycles. The third kappa shape index (κ3) is 4.05. The van der Waals surface area contributed by atoms with Crippen LogP contribution >= 0.6 is 0 Å². The molecule has 0 bridgehead atoms. The first-order valence-electron chi connectivity index (χ1n) is 7.90. The molecule has 0 N–H and O–H groups in total. The first-order valence-corrected chi connectivity index (χ1v) is 7.90. The molecule has 0 spiro atoms. The molecule has 1 heterocycles. The summed E-state index contributed by atoms with van der Waals surface area (Å²) in [6.07, 6.45) is -7.57. The zero-order valence-electron chi connectivity index (χ0n) is 14.0. The maximum Gasteiger partial charge on any atom is 0.416 e. The van der Waals surface area contributed by atoms with Gasteiger partial charge < -0.3 is 0 Å². The van der Waals surface area contributed by atoms with Crippen molar-refractivity contribution in [3.8, 4) is 22.4 Å². The molecule has 0 amide bonds. The largest absolute Gasteiger partial charge is 0.416 e. The Hall–Kier alpha value is -3.16. The Morgan fingerprint density at radius 2 is 1.29 bits per heavy atom. The van der Waals surface area contributed by atoms with Crippen molar-refractivity contribution in [2.24, 2.45) is 0 Å². The van der Waals surface area contributed by atoms with E-state index in [0.29, 0.717) is 6.29 Å². The minimum absolute atomic E-state index is 0.0380. The van der Waals surface area contributed by atoms with Crippen LogP contribution in [0.5, 0.6) is 0 Å². The predicted octanol–water partition coefficient (Wildman–Crippen LogP) is 6.27. The topological polar surface area (TPSA) is 30.0 Å². The second kappa shape index (κ2) is 7.10. The summed E-state index contributed by atoms with van der Waals surface area (Å²) in [5.74, 6) is 0. The summed E-state index contributed by atoms with van der Waals surface area (Å²) >= 11 is 0. The van der Waals surface area contributed by atoms with E-state index in [1.54, 1.807) is 0 Å². The molecule has 144 valence electrons. The highest BCUT2D eigenvalue weighted by Gasteiger charge is 2.32. The van der Waals surface area contributed by atoms with Crippen molar-refractivity contribution >= 4 is 6.29 Å². The highest BCUT2D eigenvalue weighted by Crippen LogP contribution is 2.37. The van der Waals surface area contributed by atoms with Crippen LogP contribution in [0.25, 0.3) is 22.4 Å². The van der Waals surface area contributed by atoms with Gasteiger partial charge in [0.1, 0.15) is 0 Å². The van der Waals surface area contributed by atoms with Crippen LogP contribution in [0.15, 0.2) is 60.8 Å². The molecule has 2 aromatic carbocycles. The molecule has 0 fully saturated rings. The Morgan fingerprint density at radius 3 is 1.82 bits per heavy atom. The number of aldehydes is 1. The molecule has 0 aliphatic heterocycles. The minimum Gasteiger partial charge on any atom is -0.298 e. The van der Waals surface area contributed by atoms with Gasteiger partial charge in [0.15, 0.2) is 6.29 Å². The van der Waals surface area contributed by atoms with Crippen LogP contribution in [-0.2, 0) is 12.4 Å². The van der Waals surface area contributed by atoms with Crippen molar-refractivity contribution in [3.05, 3.63) is 77.5 Å². The molecule has 3 aromatic rings. The molecule has 28 heavy (non-hydrogen) atoms. The number of hydrogen-bond donors (Lipinski definition) is 0. The van der Waals surface area contributed by atoms with Crippen LogP contribution in [0.4, 0.5) is 26.3 Å². The van der Waals surface area contributed by atoms with E-state index in [-0.39, 0.29) is 27.9 Å². The Labute approximate surface area is 155 Å². The fourth-order valence-electron chi connectivity index (χ4n) is 2.70. The van der Waals surface area contributed by atoms with Crippen LogP contribution < -0.4 is 0 Å². The maximum absolute atomic E-state index is 13.0. The fourth-order valence-corrected chi connectivity index (χ4v) is 2.70. The summed E-state index contributed by atoms with van der Waals surface area (Å²) in [7, 11) is 0. The van der Waals surface area contributed by atoms with Gasteiger partial charge >= 0.3 is 12.4 Å². The SMILES string of the molecule is O=Cc1cnc(-c2cccc(C(F)(F)F)c2)c(-c2cccc(C(F)(F)F)c2)c1. The number of alkyl halides is 6. The van der Waals surface area contributed by atoms with Crippen molar-refractivity contribution in [2.75, 3.05) is 0 Å². The summed E-state index contributed by atoms with van der Waals surface area (Å²) in [6.45, 7) is 0. The zero-order chi connectivity index (χ0) is 20.5. The molecule has 0 atom stereocenters. The Morgan fingerprint density at radius 1 is 0.750 bits per heavy atom. The molecule has 0 saturated heterocycles. The molecule has 0 aliphatic rings. The third-order valence-corrected chi connectivity index (χ3v) is 4.01. The second-order valence-corrected chi connectivity index (χ2v) is 5.94. The Kier molecular flexibility index (Phi) is 4.97. The Balaban J connectivity index is 2.22. The lowest BCUT2D eigenvalue weighted by Crippen LogP contribution is -2.05. The van der Waals surface area contributed by atoms with E-state index in [9.17, 15) is 31.1 Å². The van der Waals surface area contributed by atoms with Crippen molar-refractivity contribution in [2.45, 2.75) is 12.4 Å². The number of carbonyl (C=O) groups excluding carboxylic acids is 1. The molecular weight excluding hydrogens is 384 g/mol. The molecule has 0 unspecified atom stereocenters. The van der Waals surface area contributed by atoms with Gasteiger partial charge in [-0.3, -0.25) is 9.78 Å². The first-order chi connectivity index (χ1) is 13.1. The molecule has 3 rings (SSSR count). The molecule has 0 aliphatic carbocycles. The molecule has 2 nitrogen and oxygen atoms in total. The fraction of sp³-hybridized carbons (Fsp3) is 0.100. The van der Waals surface area contributed by atoms with Crippen LogP contribution in [0.2, 0.25) is 0 Å². The number of rotatable bonds is 3. The minimum atomic E-state index is -4.60. The average molecular weight is 395 g/mol. The van der Waals surface area contributed by atoms with E-state index in [4.69, 9.17) is 0 Å². The van der Waals surface area contributed by atoms with Gasteiger partial charge in [-0.15, -0.1) is 0 Å². The molecule has 1 aromatic heterocycles. The molecule has 0 radical (unpaired) electrons. The summed E-state index contributed by atoms with van der Waals surface area (Å²) in [6, 6.07) is 9.89. The average Bonchev–Trinajstić information content (AvgIpc) is 2.66.